The van der Waals surface area contributed by atoms with Gasteiger partial charge in [0.15, 0.2) is 11.6 Å². The van der Waals surface area contributed by atoms with Crippen molar-refractivity contribution in [3.8, 4) is 5.75 Å². The van der Waals surface area contributed by atoms with E-state index in [1.54, 1.807) is 12.1 Å². The number of ether oxygens (including phenoxy) is 1. The minimum atomic E-state index is -0.449. The largest absolute Gasteiger partial charge is 0.486 e. The van der Waals surface area contributed by atoms with Gasteiger partial charge < -0.3 is 10.5 Å². The van der Waals surface area contributed by atoms with E-state index in [0.29, 0.717) is 11.3 Å². The molecular formula is C14H13F2NO. The summed E-state index contributed by atoms with van der Waals surface area (Å²) in [6.07, 6.45) is 0. The van der Waals surface area contributed by atoms with E-state index in [2.05, 4.69) is 0 Å². The molecule has 0 amide bonds. The van der Waals surface area contributed by atoms with Gasteiger partial charge in [0.05, 0.1) is 0 Å². The van der Waals surface area contributed by atoms with Crippen LogP contribution in [0.5, 0.6) is 5.75 Å². The van der Waals surface area contributed by atoms with E-state index in [1.807, 2.05) is 6.92 Å². The molecule has 0 saturated heterocycles. The molecule has 0 radical (unpaired) electrons. The van der Waals surface area contributed by atoms with Crippen molar-refractivity contribution in [2.45, 2.75) is 13.5 Å². The molecule has 0 fully saturated rings. The van der Waals surface area contributed by atoms with Crippen molar-refractivity contribution in [3.63, 3.8) is 0 Å². The number of anilines is 1. The van der Waals surface area contributed by atoms with Crippen LogP contribution in [0.25, 0.3) is 0 Å². The Morgan fingerprint density at radius 3 is 2.67 bits per heavy atom. The molecule has 0 atom stereocenters. The summed E-state index contributed by atoms with van der Waals surface area (Å²) in [6, 6.07) is 8.58. The fourth-order valence-corrected chi connectivity index (χ4v) is 1.58. The van der Waals surface area contributed by atoms with Crippen LogP contribution < -0.4 is 10.5 Å². The van der Waals surface area contributed by atoms with Gasteiger partial charge in [0.1, 0.15) is 12.4 Å². The second-order valence-corrected chi connectivity index (χ2v) is 4.07. The predicted molar refractivity (Wildman–Crippen MR) is 66.3 cm³/mol. The van der Waals surface area contributed by atoms with Crippen LogP contribution in [0.2, 0.25) is 0 Å². The molecule has 18 heavy (non-hydrogen) atoms. The molecule has 0 bridgehead atoms. The van der Waals surface area contributed by atoms with E-state index < -0.39 is 11.6 Å². The van der Waals surface area contributed by atoms with Crippen molar-refractivity contribution in [1.29, 1.82) is 0 Å². The Bertz CT molecular complexity index is 518. The first-order chi connectivity index (χ1) is 8.56. The summed E-state index contributed by atoms with van der Waals surface area (Å²) in [6.45, 7) is 1.87. The Kier molecular flexibility index (Phi) is 3.46. The topological polar surface area (TPSA) is 35.2 Å². The van der Waals surface area contributed by atoms with Gasteiger partial charge in [-0.25, -0.2) is 8.78 Å². The summed E-state index contributed by atoms with van der Waals surface area (Å²) in [4.78, 5) is 0. The number of halogens is 2. The van der Waals surface area contributed by atoms with Crippen LogP contribution in [0.3, 0.4) is 0 Å². The fourth-order valence-electron chi connectivity index (χ4n) is 1.58. The SMILES string of the molecule is Cc1ccc(F)c(OCc2cc(F)ccc2N)c1. The van der Waals surface area contributed by atoms with Gasteiger partial charge in [0.25, 0.3) is 0 Å². The minimum Gasteiger partial charge on any atom is -0.486 e. The van der Waals surface area contributed by atoms with Crippen molar-refractivity contribution in [2.75, 3.05) is 5.73 Å². The maximum absolute atomic E-state index is 13.4. The molecule has 94 valence electrons. The van der Waals surface area contributed by atoms with Crippen molar-refractivity contribution >= 4 is 5.69 Å². The molecular weight excluding hydrogens is 236 g/mol. The fraction of sp³-hybridized carbons (Fsp3) is 0.143. The van der Waals surface area contributed by atoms with Crippen LogP contribution in [-0.4, -0.2) is 0 Å². The second kappa shape index (κ2) is 5.04. The molecule has 0 unspecified atom stereocenters. The number of nitrogens with two attached hydrogens (primary N) is 1. The summed E-state index contributed by atoms with van der Waals surface area (Å²) in [5, 5.41) is 0. The molecule has 2 rings (SSSR count). The molecule has 0 aliphatic heterocycles. The lowest BCUT2D eigenvalue weighted by molar-refractivity contribution is 0.290. The minimum absolute atomic E-state index is 0.0317. The predicted octanol–water partition coefficient (Wildman–Crippen LogP) is 3.43. The summed E-state index contributed by atoms with van der Waals surface area (Å²) in [5.41, 5.74) is 7.49. The maximum Gasteiger partial charge on any atom is 0.165 e. The van der Waals surface area contributed by atoms with E-state index in [0.717, 1.165) is 5.56 Å². The molecule has 2 nitrogen and oxygen atoms in total. The Hall–Kier alpha value is -2.10. The highest BCUT2D eigenvalue weighted by atomic mass is 19.1. The van der Waals surface area contributed by atoms with E-state index in [-0.39, 0.29) is 12.4 Å². The van der Waals surface area contributed by atoms with E-state index >= 15 is 0 Å². The van der Waals surface area contributed by atoms with Crippen LogP contribution >= 0.6 is 0 Å². The molecule has 0 aliphatic carbocycles. The number of hydrogen-bond acceptors (Lipinski definition) is 2. The molecule has 2 N–H and O–H groups in total. The average Bonchev–Trinajstić information content (AvgIpc) is 2.34. The highest BCUT2D eigenvalue weighted by molar-refractivity contribution is 5.46. The first kappa shape index (κ1) is 12.4. The Balaban J connectivity index is 2.16. The van der Waals surface area contributed by atoms with Gasteiger partial charge in [-0.1, -0.05) is 6.07 Å². The number of hydrogen-bond donors (Lipinski definition) is 1. The van der Waals surface area contributed by atoms with Crippen LogP contribution in [0.1, 0.15) is 11.1 Å². The van der Waals surface area contributed by atoms with Crippen LogP contribution in [0, 0.1) is 18.6 Å². The van der Waals surface area contributed by atoms with Crippen LogP contribution in [0.15, 0.2) is 36.4 Å². The molecule has 2 aromatic rings. The molecule has 2 aromatic carbocycles. The summed E-state index contributed by atoms with van der Waals surface area (Å²) in [5.74, 6) is -0.707. The van der Waals surface area contributed by atoms with E-state index in [9.17, 15) is 8.78 Å². The normalized spacial score (nSPS) is 10.4. The average molecular weight is 249 g/mol. The van der Waals surface area contributed by atoms with Crippen molar-refractivity contribution in [3.05, 3.63) is 59.2 Å². The van der Waals surface area contributed by atoms with Gasteiger partial charge in [0.2, 0.25) is 0 Å². The summed E-state index contributed by atoms with van der Waals surface area (Å²) < 4.78 is 31.8. The molecule has 0 saturated carbocycles. The summed E-state index contributed by atoms with van der Waals surface area (Å²) >= 11 is 0. The Morgan fingerprint density at radius 2 is 1.89 bits per heavy atom. The number of benzene rings is 2. The van der Waals surface area contributed by atoms with Gasteiger partial charge >= 0.3 is 0 Å². The summed E-state index contributed by atoms with van der Waals surface area (Å²) in [7, 11) is 0. The zero-order valence-corrected chi connectivity index (χ0v) is 9.91. The Morgan fingerprint density at radius 1 is 1.11 bits per heavy atom. The lowest BCUT2D eigenvalue weighted by Crippen LogP contribution is -2.02. The third-order valence-corrected chi connectivity index (χ3v) is 2.57. The van der Waals surface area contributed by atoms with Crippen molar-refractivity contribution in [2.24, 2.45) is 0 Å². The third kappa shape index (κ3) is 2.77. The number of rotatable bonds is 3. The third-order valence-electron chi connectivity index (χ3n) is 2.57. The first-order valence-electron chi connectivity index (χ1n) is 5.49. The van der Waals surface area contributed by atoms with Crippen molar-refractivity contribution in [1.82, 2.24) is 0 Å². The number of nitrogen functional groups attached to an aromatic ring is 1. The lowest BCUT2D eigenvalue weighted by atomic mass is 10.2. The van der Waals surface area contributed by atoms with E-state index in [4.69, 9.17) is 10.5 Å². The highest BCUT2D eigenvalue weighted by Crippen LogP contribution is 2.21. The van der Waals surface area contributed by atoms with Gasteiger partial charge in [0, 0.05) is 11.3 Å². The molecule has 0 aliphatic rings. The smallest absolute Gasteiger partial charge is 0.165 e. The van der Waals surface area contributed by atoms with E-state index in [1.165, 1.54) is 24.3 Å². The van der Waals surface area contributed by atoms with Gasteiger partial charge in [-0.15, -0.1) is 0 Å². The highest BCUT2D eigenvalue weighted by Gasteiger charge is 2.06. The van der Waals surface area contributed by atoms with Gasteiger partial charge in [-0.3, -0.25) is 0 Å². The number of aryl methyl sites for hydroxylation is 1. The standard InChI is InChI=1S/C14H13F2NO/c1-9-2-4-12(16)14(6-9)18-8-10-7-11(15)3-5-13(10)17/h2-7H,8,17H2,1H3. The van der Waals surface area contributed by atoms with Gasteiger partial charge in [-0.2, -0.15) is 0 Å². The molecule has 0 spiro atoms. The van der Waals surface area contributed by atoms with Crippen molar-refractivity contribution < 1.29 is 13.5 Å². The molecule has 4 heteroatoms. The van der Waals surface area contributed by atoms with Crippen LogP contribution in [-0.2, 0) is 6.61 Å². The molecule has 0 aromatic heterocycles. The molecule has 0 heterocycles. The zero-order chi connectivity index (χ0) is 13.1. The first-order valence-corrected chi connectivity index (χ1v) is 5.49. The zero-order valence-electron chi connectivity index (χ0n) is 9.91. The quantitative estimate of drug-likeness (QED) is 0.846. The lowest BCUT2D eigenvalue weighted by Gasteiger charge is -2.10. The second-order valence-electron chi connectivity index (χ2n) is 4.07. The Labute approximate surface area is 104 Å². The van der Waals surface area contributed by atoms with Crippen LogP contribution in [0.4, 0.5) is 14.5 Å². The maximum atomic E-state index is 13.4. The van der Waals surface area contributed by atoms with Gasteiger partial charge in [-0.05, 0) is 42.8 Å². The monoisotopic (exact) mass is 249 g/mol.